The number of ketones is 1. The van der Waals surface area contributed by atoms with Crippen molar-refractivity contribution in [2.24, 2.45) is 0 Å². The molecule has 6 nitrogen and oxygen atoms in total. The van der Waals surface area contributed by atoms with Crippen molar-refractivity contribution in [3.8, 4) is 5.69 Å². The molecule has 0 unspecified atom stereocenters. The fourth-order valence-electron chi connectivity index (χ4n) is 3.62. The van der Waals surface area contributed by atoms with Gasteiger partial charge in [-0.05, 0) is 63.2 Å². The van der Waals surface area contributed by atoms with Gasteiger partial charge in [0, 0.05) is 42.1 Å². The van der Waals surface area contributed by atoms with Crippen LogP contribution in [0.1, 0.15) is 45.1 Å². The second-order valence-corrected chi connectivity index (χ2v) is 7.10. The number of Topliss-reactive ketones (excluding diaryl/α,β-unsaturated/α-hetero) is 1. The number of hydrogen-bond acceptors (Lipinski definition) is 4. The summed E-state index contributed by atoms with van der Waals surface area (Å²) in [5.41, 5.74) is 3.75. The van der Waals surface area contributed by atoms with Gasteiger partial charge >= 0.3 is 5.97 Å². The first-order chi connectivity index (χ1) is 13.9. The van der Waals surface area contributed by atoms with Crippen molar-refractivity contribution in [2.45, 2.75) is 26.8 Å². The van der Waals surface area contributed by atoms with Gasteiger partial charge in [-0.3, -0.25) is 4.79 Å². The van der Waals surface area contributed by atoms with Gasteiger partial charge in [-0.1, -0.05) is 0 Å². The summed E-state index contributed by atoms with van der Waals surface area (Å²) in [6.45, 7) is 6.15. The lowest BCUT2D eigenvalue weighted by Gasteiger charge is -2.17. The molecule has 3 aromatic rings. The van der Waals surface area contributed by atoms with Gasteiger partial charge in [0.1, 0.15) is 0 Å². The molecule has 152 valence electrons. The van der Waals surface area contributed by atoms with Gasteiger partial charge < -0.3 is 18.6 Å². The Hall–Kier alpha value is -3.12. The highest BCUT2D eigenvalue weighted by Crippen LogP contribution is 2.21. The lowest BCUT2D eigenvalue weighted by Crippen LogP contribution is -2.17. The molecule has 3 rings (SSSR count). The maximum atomic E-state index is 12.6. The number of aromatic nitrogens is 2. The van der Waals surface area contributed by atoms with E-state index in [4.69, 9.17) is 9.47 Å². The molecule has 0 spiro atoms. The Bertz CT molecular complexity index is 985. The van der Waals surface area contributed by atoms with E-state index in [9.17, 15) is 9.59 Å². The van der Waals surface area contributed by atoms with E-state index in [1.54, 1.807) is 19.2 Å². The summed E-state index contributed by atoms with van der Waals surface area (Å²) in [6.07, 6.45) is 3.85. The third kappa shape index (κ3) is 4.49. The molecule has 0 N–H and O–H groups in total. The fraction of sp³-hybridized carbons (Fsp3) is 0.304. The summed E-state index contributed by atoms with van der Waals surface area (Å²) >= 11 is 0. The molecule has 0 radical (unpaired) electrons. The molecule has 0 fully saturated rings. The van der Waals surface area contributed by atoms with Crippen LogP contribution in [0.15, 0.2) is 54.9 Å². The first kappa shape index (κ1) is 20.6. The van der Waals surface area contributed by atoms with Crippen molar-refractivity contribution in [2.75, 3.05) is 20.3 Å². The van der Waals surface area contributed by atoms with Gasteiger partial charge in [0.2, 0.25) is 5.78 Å². The molecular weight excluding hydrogens is 368 g/mol. The Balaban J connectivity index is 1.65. The number of aryl methyl sites for hydroxylation is 1. The van der Waals surface area contributed by atoms with Crippen LogP contribution >= 0.6 is 0 Å². The first-order valence-electron chi connectivity index (χ1n) is 9.53. The standard InChI is InChI=1S/C23H26N2O4/c1-16-13-21(18(3)25(16)17(2)14-28-4)22(26)15-29-23(27)19-7-9-20(10-8-19)24-11-5-6-12-24/h5-13,17H,14-15H2,1-4H3/t17-/m1/s1. The Morgan fingerprint density at radius 1 is 1.07 bits per heavy atom. The van der Waals surface area contributed by atoms with Crippen LogP contribution in [0.5, 0.6) is 0 Å². The Kier molecular flexibility index (Phi) is 6.34. The zero-order chi connectivity index (χ0) is 21.0. The van der Waals surface area contributed by atoms with Crippen LogP contribution in [0.2, 0.25) is 0 Å². The maximum Gasteiger partial charge on any atom is 0.338 e. The third-order valence-electron chi connectivity index (χ3n) is 4.97. The summed E-state index contributed by atoms with van der Waals surface area (Å²) in [4.78, 5) is 25.0. The molecule has 6 heteroatoms. The normalized spacial score (nSPS) is 12.0. The van der Waals surface area contributed by atoms with E-state index >= 15 is 0 Å². The van der Waals surface area contributed by atoms with E-state index in [0.29, 0.717) is 17.7 Å². The van der Waals surface area contributed by atoms with Crippen LogP contribution in [0.3, 0.4) is 0 Å². The van der Waals surface area contributed by atoms with Crippen molar-refractivity contribution in [1.82, 2.24) is 9.13 Å². The van der Waals surface area contributed by atoms with Crippen LogP contribution < -0.4 is 0 Å². The summed E-state index contributed by atoms with van der Waals surface area (Å²) in [7, 11) is 1.65. The van der Waals surface area contributed by atoms with Crippen molar-refractivity contribution in [3.63, 3.8) is 0 Å². The number of benzene rings is 1. The molecule has 2 aromatic heterocycles. The Labute approximate surface area is 170 Å². The largest absolute Gasteiger partial charge is 0.454 e. The van der Waals surface area contributed by atoms with Crippen LogP contribution in [0.25, 0.3) is 5.69 Å². The number of carbonyl (C=O) groups excluding carboxylic acids is 2. The van der Waals surface area contributed by atoms with Gasteiger partial charge in [-0.2, -0.15) is 0 Å². The second-order valence-electron chi connectivity index (χ2n) is 7.10. The highest BCUT2D eigenvalue weighted by atomic mass is 16.5. The number of hydrogen-bond donors (Lipinski definition) is 0. The minimum atomic E-state index is -0.515. The van der Waals surface area contributed by atoms with Crippen molar-refractivity contribution in [3.05, 3.63) is 77.4 Å². The first-order valence-corrected chi connectivity index (χ1v) is 9.53. The number of esters is 1. The van der Waals surface area contributed by atoms with Gasteiger partial charge in [0.15, 0.2) is 6.61 Å². The smallest absolute Gasteiger partial charge is 0.338 e. The highest BCUT2D eigenvalue weighted by Gasteiger charge is 2.20. The molecule has 0 aliphatic rings. The minimum absolute atomic E-state index is 0.114. The number of nitrogens with zero attached hydrogens (tertiary/aromatic N) is 2. The summed E-state index contributed by atoms with van der Waals surface area (Å²) in [5, 5.41) is 0. The van der Waals surface area contributed by atoms with E-state index in [2.05, 4.69) is 4.57 Å². The number of rotatable bonds is 8. The number of carbonyl (C=O) groups is 2. The van der Waals surface area contributed by atoms with E-state index in [0.717, 1.165) is 17.1 Å². The monoisotopic (exact) mass is 394 g/mol. The van der Waals surface area contributed by atoms with E-state index in [1.807, 2.05) is 68.1 Å². The van der Waals surface area contributed by atoms with E-state index in [-0.39, 0.29) is 18.4 Å². The zero-order valence-corrected chi connectivity index (χ0v) is 17.2. The maximum absolute atomic E-state index is 12.6. The lowest BCUT2D eigenvalue weighted by atomic mass is 10.1. The number of methoxy groups -OCH3 is 1. The average molecular weight is 394 g/mol. The van der Waals surface area contributed by atoms with Crippen molar-refractivity contribution >= 4 is 11.8 Å². The lowest BCUT2D eigenvalue weighted by molar-refractivity contribution is 0.0474. The van der Waals surface area contributed by atoms with Crippen LogP contribution in [-0.4, -0.2) is 41.2 Å². The Morgan fingerprint density at radius 2 is 1.72 bits per heavy atom. The molecule has 0 bridgehead atoms. The molecule has 0 aliphatic heterocycles. The SMILES string of the molecule is COC[C@@H](C)n1c(C)cc(C(=O)COC(=O)c2ccc(-n3cccc3)cc2)c1C. The minimum Gasteiger partial charge on any atom is -0.454 e. The average Bonchev–Trinajstić information content (AvgIpc) is 3.34. The van der Waals surface area contributed by atoms with Gasteiger partial charge in [-0.15, -0.1) is 0 Å². The summed E-state index contributed by atoms with van der Waals surface area (Å²) in [5.74, 6) is -0.731. The van der Waals surface area contributed by atoms with Crippen LogP contribution in [-0.2, 0) is 9.47 Å². The van der Waals surface area contributed by atoms with Crippen LogP contribution in [0, 0.1) is 13.8 Å². The van der Waals surface area contributed by atoms with Crippen molar-refractivity contribution < 1.29 is 19.1 Å². The molecule has 1 atom stereocenters. The zero-order valence-electron chi connectivity index (χ0n) is 17.2. The van der Waals surface area contributed by atoms with Crippen molar-refractivity contribution in [1.29, 1.82) is 0 Å². The molecule has 1 aromatic carbocycles. The second kappa shape index (κ2) is 8.92. The molecule has 0 saturated heterocycles. The Morgan fingerprint density at radius 3 is 2.34 bits per heavy atom. The van der Waals surface area contributed by atoms with Gasteiger partial charge in [0.05, 0.1) is 18.2 Å². The predicted molar refractivity (Wildman–Crippen MR) is 111 cm³/mol. The molecule has 29 heavy (non-hydrogen) atoms. The van der Waals surface area contributed by atoms with Gasteiger partial charge in [0.25, 0.3) is 0 Å². The molecule has 2 heterocycles. The topological polar surface area (TPSA) is 62.5 Å². The third-order valence-corrected chi connectivity index (χ3v) is 4.97. The van der Waals surface area contributed by atoms with Gasteiger partial charge in [-0.25, -0.2) is 4.79 Å². The fourth-order valence-corrected chi connectivity index (χ4v) is 3.62. The predicted octanol–water partition coefficient (Wildman–Crippen LogP) is 4.14. The highest BCUT2D eigenvalue weighted by molar-refractivity contribution is 6.00. The molecular formula is C23H26N2O4. The molecule has 0 amide bonds. The molecule has 0 aliphatic carbocycles. The molecule has 0 saturated carbocycles. The van der Waals surface area contributed by atoms with E-state index in [1.165, 1.54) is 0 Å². The number of ether oxygens (including phenoxy) is 2. The van der Waals surface area contributed by atoms with E-state index < -0.39 is 5.97 Å². The summed E-state index contributed by atoms with van der Waals surface area (Å²) in [6, 6.07) is 12.9. The van der Waals surface area contributed by atoms with Crippen LogP contribution in [0.4, 0.5) is 0 Å². The quantitative estimate of drug-likeness (QED) is 0.425. The summed E-state index contributed by atoms with van der Waals surface area (Å²) < 4.78 is 14.5.